The molecule has 0 bridgehead atoms. The minimum absolute atomic E-state index is 0.0150. The van der Waals surface area contributed by atoms with Crippen molar-refractivity contribution in [3.8, 4) is 11.1 Å². The second-order valence-electron chi connectivity index (χ2n) is 6.06. The van der Waals surface area contributed by atoms with Crippen molar-refractivity contribution in [2.75, 3.05) is 16.4 Å². The highest BCUT2D eigenvalue weighted by atomic mass is 19.1. The minimum atomic E-state index is -0.776. The van der Waals surface area contributed by atoms with Gasteiger partial charge in [-0.25, -0.2) is 13.6 Å². The average Bonchev–Trinajstić information content (AvgIpc) is 3.03. The molecular formula is C20H14F2N4O2. The van der Waals surface area contributed by atoms with Gasteiger partial charge >= 0.3 is 6.03 Å². The number of urea groups is 1. The topological polar surface area (TPSA) is 93.2 Å². The number of rotatable bonds is 3. The molecule has 8 heteroatoms. The number of nitrogen functional groups attached to an aromatic ring is 1. The van der Waals surface area contributed by atoms with E-state index in [1.165, 1.54) is 0 Å². The Morgan fingerprint density at radius 2 is 1.61 bits per heavy atom. The number of nitrogens with zero attached hydrogens (tertiary/aromatic N) is 1. The quantitative estimate of drug-likeness (QED) is 0.466. The van der Waals surface area contributed by atoms with Gasteiger partial charge in [0.1, 0.15) is 17.2 Å². The maximum absolute atomic E-state index is 13.2. The Morgan fingerprint density at radius 3 is 2.32 bits per heavy atom. The molecule has 2 amide bonds. The van der Waals surface area contributed by atoms with Crippen molar-refractivity contribution < 1.29 is 18.1 Å². The summed E-state index contributed by atoms with van der Waals surface area (Å²) in [5.41, 5.74) is 8.74. The van der Waals surface area contributed by atoms with Crippen LogP contribution in [0, 0.1) is 11.6 Å². The van der Waals surface area contributed by atoms with Gasteiger partial charge in [-0.3, -0.25) is 0 Å². The van der Waals surface area contributed by atoms with Crippen molar-refractivity contribution >= 4 is 34.2 Å². The van der Waals surface area contributed by atoms with Gasteiger partial charge in [-0.2, -0.15) is 0 Å². The first-order chi connectivity index (χ1) is 13.5. The summed E-state index contributed by atoms with van der Waals surface area (Å²) in [5, 5.41) is 9.59. The molecular weight excluding hydrogens is 366 g/mol. The molecule has 140 valence electrons. The van der Waals surface area contributed by atoms with Crippen molar-refractivity contribution in [2.45, 2.75) is 0 Å². The van der Waals surface area contributed by atoms with Crippen LogP contribution in [0.15, 0.2) is 65.2 Å². The lowest BCUT2D eigenvalue weighted by Gasteiger charge is -2.09. The number of hydrogen-bond donors (Lipinski definition) is 3. The van der Waals surface area contributed by atoms with Crippen LogP contribution in [0.1, 0.15) is 0 Å². The van der Waals surface area contributed by atoms with Crippen LogP contribution in [-0.2, 0) is 0 Å². The largest absolute Gasteiger partial charge is 0.367 e. The number of benzene rings is 3. The first kappa shape index (κ1) is 17.5. The number of fused-ring (bicyclic) bond motifs is 1. The molecule has 0 radical (unpaired) electrons. The van der Waals surface area contributed by atoms with E-state index in [-0.39, 0.29) is 11.6 Å². The molecule has 4 N–H and O–H groups in total. The number of aromatic nitrogens is 1. The maximum atomic E-state index is 13.2. The third kappa shape index (κ3) is 3.48. The van der Waals surface area contributed by atoms with Crippen LogP contribution >= 0.6 is 0 Å². The molecule has 0 saturated heterocycles. The van der Waals surface area contributed by atoms with E-state index in [9.17, 15) is 13.6 Å². The van der Waals surface area contributed by atoms with E-state index in [0.29, 0.717) is 16.6 Å². The molecule has 0 unspecified atom stereocenters. The van der Waals surface area contributed by atoms with E-state index in [1.54, 1.807) is 30.3 Å². The Morgan fingerprint density at radius 1 is 0.929 bits per heavy atom. The number of halogens is 2. The predicted octanol–water partition coefficient (Wildman–Crippen LogP) is 5.00. The standard InChI is InChI=1S/C20H14F2N4O2/c21-12-8-13(22)10-15(9-12)25-20(27)24-14-6-4-11(5-7-14)16-2-1-3-17-18(16)19(23)28-26-17/h1-10H,23H2,(H2,24,25,27). The second kappa shape index (κ2) is 6.99. The molecule has 0 aliphatic heterocycles. The van der Waals surface area contributed by atoms with E-state index < -0.39 is 17.7 Å². The van der Waals surface area contributed by atoms with Gasteiger partial charge in [0.25, 0.3) is 0 Å². The van der Waals surface area contributed by atoms with E-state index >= 15 is 0 Å². The molecule has 0 saturated carbocycles. The monoisotopic (exact) mass is 380 g/mol. The second-order valence-corrected chi connectivity index (χ2v) is 6.06. The summed E-state index contributed by atoms with van der Waals surface area (Å²) in [7, 11) is 0. The number of nitrogens with one attached hydrogen (secondary N) is 2. The molecule has 28 heavy (non-hydrogen) atoms. The van der Waals surface area contributed by atoms with Gasteiger partial charge in [0.2, 0.25) is 5.88 Å². The van der Waals surface area contributed by atoms with E-state index in [1.807, 2.05) is 12.1 Å². The maximum Gasteiger partial charge on any atom is 0.323 e. The zero-order valence-electron chi connectivity index (χ0n) is 14.4. The normalized spacial score (nSPS) is 10.8. The first-order valence-corrected chi connectivity index (χ1v) is 8.28. The summed E-state index contributed by atoms with van der Waals surface area (Å²) in [6.45, 7) is 0. The third-order valence-corrected chi connectivity index (χ3v) is 4.11. The van der Waals surface area contributed by atoms with Gasteiger partial charge in [-0.05, 0) is 41.5 Å². The lowest BCUT2D eigenvalue weighted by atomic mass is 10.0. The smallest absolute Gasteiger partial charge is 0.323 e. The fraction of sp³-hybridized carbons (Fsp3) is 0. The molecule has 0 aliphatic carbocycles. The Hall–Kier alpha value is -3.94. The minimum Gasteiger partial charge on any atom is -0.367 e. The molecule has 4 aromatic rings. The molecule has 3 aromatic carbocycles. The summed E-state index contributed by atoms with van der Waals surface area (Å²) in [5.74, 6) is -1.32. The van der Waals surface area contributed by atoms with Crippen LogP contribution in [-0.4, -0.2) is 11.2 Å². The fourth-order valence-electron chi connectivity index (χ4n) is 2.91. The molecule has 4 rings (SSSR count). The van der Waals surface area contributed by atoms with Crippen molar-refractivity contribution in [3.05, 3.63) is 72.3 Å². The molecule has 6 nitrogen and oxygen atoms in total. The average molecular weight is 380 g/mol. The van der Waals surface area contributed by atoms with Crippen molar-refractivity contribution in [2.24, 2.45) is 0 Å². The number of nitrogens with two attached hydrogens (primary N) is 1. The van der Waals surface area contributed by atoms with Gasteiger partial charge in [-0.1, -0.05) is 29.4 Å². The number of amides is 2. The van der Waals surface area contributed by atoms with Gasteiger partial charge < -0.3 is 20.9 Å². The van der Waals surface area contributed by atoms with Crippen LogP contribution in [0.25, 0.3) is 22.0 Å². The highest BCUT2D eigenvalue weighted by molar-refractivity contribution is 6.02. The Kier molecular flexibility index (Phi) is 4.36. The van der Waals surface area contributed by atoms with Crippen molar-refractivity contribution in [1.82, 2.24) is 5.16 Å². The van der Waals surface area contributed by atoms with E-state index in [4.69, 9.17) is 10.3 Å². The number of carbonyl (C=O) groups is 1. The lowest BCUT2D eigenvalue weighted by molar-refractivity contribution is 0.262. The highest BCUT2D eigenvalue weighted by Gasteiger charge is 2.12. The molecule has 1 aromatic heterocycles. The molecule has 0 spiro atoms. The van der Waals surface area contributed by atoms with Crippen LogP contribution < -0.4 is 16.4 Å². The van der Waals surface area contributed by atoms with Crippen LogP contribution in [0.4, 0.5) is 30.8 Å². The number of anilines is 3. The SMILES string of the molecule is Nc1onc2cccc(-c3ccc(NC(=O)Nc4cc(F)cc(F)c4)cc3)c12. The summed E-state index contributed by atoms with van der Waals surface area (Å²) in [6, 6.07) is 14.7. The van der Waals surface area contributed by atoms with E-state index in [2.05, 4.69) is 15.8 Å². The van der Waals surface area contributed by atoms with Crippen LogP contribution in [0.3, 0.4) is 0 Å². The lowest BCUT2D eigenvalue weighted by Crippen LogP contribution is -2.19. The number of carbonyl (C=O) groups excluding carboxylic acids is 1. The molecule has 0 fully saturated rings. The Balaban J connectivity index is 1.51. The van der Waals surface area contributed by atoms with E-state index in [0.717, 1.165) is 29.3 Å². The predicted molar refractivity (Wildman–Crippen MR) is 103 cm³/mol. The van der Waals surface area contributed by atoms with Gasteiger partial charge in [-0.15, -0.1) is 0 Å². The first-order valence-electron chi connectivity index (χ1n) is 8.28. The van der Waals surface area contributed by atoms with Gasteiger partial charge in [0.15, 0.2) is 0 Å². The molecule has 0 atom stereocenters. The van der Waals surface area contributed by atoms with Gasteiger partial charge in [0.05, 0.1) is 5.39 Å². The Bertz CT molecular complexity index is 1150. The summed E-state index contributed by atoms with van der Waals surface area (Å²) in [6.07, 6.45) is 0. The van der Waals surface area contributed by atoms with Crippen LogP contribution in [0.5, 0.6) is 0 Å². The van der Waals surface area contributed by atoms with Gasteiger partial charge in [0, 0.05) is 17.4 Å². The van der Waals surface area contributed by atoms with Crippen molar-refractivity contribution in [1.29, 1.82) is 0 Å². The molecule has 0 aliphatic rings. The van der Waals surface area contributed by atoms with Crippen LogP contribution in [0.2, 0.25) is 0 Å². The fourth-order valence-corrected chi connectivity index (χ4v) is 2.91. The van der Waals surface area contributed by atoms with Crippen molar-refractivity contribution in [3.63, 3.8) is 0 Å². The zero-order valence-corrected chi connectivity index (χ0v) is 14.4. The molecule has 1 heterocycles. The highest BCUT2D eigenvalue weighted by Crippen LogP contribution is 2.32. The Labute approximate surface area is 157 Å². The number of hydrogen-bond acceptors (Lipinski definition) is 4. The summed E-state index contributed by atoms with van der Waals surface area (Å²) < 4.78 is 31.4. The third-order valence-electron chi connectivity index (χ3n) is 4.11. The zero-order chi connectivity index (χ0) is 19.7. The summed E-state index contributed by atoms with van der Waals surface area (Å²) >= 11 is 0. The summed E-state index contributed by atoms with van der Waals surface area (Å²) in [4.78, 5) is 12.0.